The van der Waals surface area contributed by atoms with Gasteiger partial charge in [0.05, 0.1) is 5.69 Å². The van der Waals surface area contributed by atoms with Crippen LogP contribution in [0, 0.1) is 0 Å². The van der Waals surface area contributed by atoms with Gasteiger partial charge in [-0.05, 0) is 24.1 Å². The summed E-state index contributed by atoms with van der Waals surface area (Å²) < 4.78 is 0. The first kappa shape index (κ1) is 8.72. The van der Waals surface area contributed by atoms with Gasteiger partial charge < -0.3 is 0 Å². The normalized spacial score (nSPS) is 10.4. The summed E-state index contributed by atoms with van der Waals surface area (Å²) in [5, 5.41) is 0. The summed E-state index contributed by atoms with van der Waals surface area (Å²) in [6.45, 7) is 5.81. The van der Waals surface area contributed by atoms with Gasteiger partial charge in [0.25, 0.3) is 0 Å². The lowest BCUT2D eigenvalue weighted by Crippen LogP contribution is -1.83. The van der Waals surface area contributed by atoms with Crippen molar-refractivity contribution in [2.24, 2.45) is 0 Å². The fourth-order valence-corrected chi connectivity index (χ4v) is 0.986. The third-order valence-electron chi connectivity index (χ3n) is 1.60. The molecule has 1 heterocycles. The van der Waals surface area contributed by atoms with Crippen LogP contribution in [0.3, 0.4) is 0 Å². The molecule has 62 valence electrons. The van der Waals surface area contributed by atoms with Gasteiger partial charge in [0.2, 0.25) is 0 Å². The van der Waals surface area contributed by atoms with Crippen molar-refractivity contribution >= 4 is 12.2 Å². The highest BCUT2D eigenvalue weighted by Gasteiger charge is 1.92. The number of nitrogens with zero attached hydrogens (tertiary/aromatic N) is 1. The number of aromatic nitrogens is 1. The quantitative estimate of drug-likeness (QED) is 0.660. The van der Waals surface area contributed by atoms with Crippen LogP contribution in [0.5, 0.6) is 0 Å². The molecule has 0 aliphatic carbocycles. The van der Waals surface area contributed by atoms with Gasteiger partial charge in [-0.1, -0.05) is 31.7 Å². The minimum atomic E-state index is 0.946. The predicted molar refractivity (Wildman–Crippen MR) is 53.7 cm³/mol. The lowest BCUT2D eigenvalue weighted by Gasteiger charge is -1.97. The van der Waals surface area contributed by atoms with Gasteiger partial charge in [-0.2, -0.15) is 0 Å². The summed E-state index contributed by atoms with van der Waals surface area (Å²) in [4.78, 5) is 4.18. The molecule has 0 fully saturated rings. The van der Waals surface area contributed by atoms with Crippen molar-refractivity contribution in [2.45, 2.75) is 13.3 Å². The maximum Gasteiger partial charge on any atom is 0.0695 e. The van der Waals surface area contributed by atoms with E-state index in [1.165, 1.54) is 0 Å². The van der Waals surface area contributed by atoms with Crippen LogP contribution in [0.1, 0.15) is 24.6 Å². The molecule has 1 heteroatoms. The van der Waals surface area contributed by atoms with E-state index >= 15 is 0 Å². The van der Waals surface area contributed by atoms with E-state index in [0.29, 0.717) is 0 Å². The summed E-state index contributed by atoms with van der Waals surface area (Å²) >= 11 is 0. The maximum absolute atomic E-state index is 4.18. The van der Waals surface area contributed by atoms with E-state index in [-0.39, 0.29) is 0 Å². The topological polar surface area (TPSA) is 12.9 Å². The fourth-order valence-electron chi connectivity index (χ4n) is 0.986. The molecule has 0 aromatic carbocycles. The zero-order chi connectivity index (χ0) is 8.81. The Morgan fingerprint density at radius 2 is 2.42 bits per heavy atom. The van der Waals surface area contributed by atoms with Gasteiger partial charge in [0, 0.05) is 6.20 Å². The van der Waals surface area contributed by atoms with Gasteiger partial charge >= 0.3 is 0 Å². The predicted octanol–water partition coefficient (Wildman–Crippen LogP) is 3.15. The number of allylic oxidation sites excluding steroid dienone is 1. The van der Waals surface area contributed by atoms with Gasteiger partial charge in [-0.3, -0.25) is 4.98 Å². The second-order valence-electron chi connectivity index (χ2n) is 2.49. The van der Waals surface area contributed by atoms with Crippen LogP contribution >= 0.6 is 0 Å². The van der Waals surface area contributed by atoms with Gasteiger partial charge in [0.15, 0.2) is 0 Å². The molecule has 1 aromatic rings. The Morgan fingerprint density at radius 3 is 3.08 bits per heavy atom. The third-order valence-corrected chi connectivity index (χ3v) is 1.60. The average molecular weight is 159 g/mol. The highest BCUT2D eigenvalue weighted by atomic mass is 14.7. The zero-order valence-corrected chi connectivity index (χ0v) is 7.33. The Kier molecular flexibility index (Phi) is 3.27. The first-order valence-corrected chi connectivity index (χ1v) is 4.12. The molecular weight excluding hydrogens is 146 g/mol. The van der Waals surface area contributed by atoms with E-state index in [1.54, 1.807) is 12.3 Å². The molecule has 0 radical (unpaired) electrons. The summed E-state index contributed by atoms with van der Waals surface area (Å²) in [5.74, 6) is 0. The van der Waals surface area contributed by atoms with E-state index in [0.717, 1.165) is 17.7 Å². The molecule has 0 aliphatic heterocycles. The van der Waals surface area contributed by atoms with Gasteiger partial charge in [-0.15, -0.1) is 0 Å². The van der Waals surface area contributed by atoms with Crippen LogP contribution in [-0.2, 0) is 0 Å². The van der Waals surface area contributed by atoms with Crippen molar-refractivity contribution < 1.29 is 0 Å². The molecule has 0 aliphatic rings. The minimum absolute atomic E-state index is 0.946. The number of pyridine rings is 1. The Hall–Kier alpha value is -1.37. The standard InChI is InChI=1S/C11H13N/c1-3-5-7-10-8-6-9-12-11(10)4-2/h4-9H,2-3H2,1H3/b7-5-. The van der Waals surface area contributed by atoms with Gasteiger partial charge in [-0.25, -0.2) is 0 Å². The van der Waals surface area contributed by atoms with Crippen LogP contribution in [0.15, 0.2) is 31.0 Å². The zero-order valence-electron chi connectivity index (χ0n) is 7.33. The van der Waals surface area contributed by atoms with Crippen molar-refractivity contribution in [1.82, 2.24) is 4.98 Å². The number of hydrogen-bond donors (Lipinski definition) is 0. The molecule has 0 spiro atoms. The molecule has 0 saturated heterocycles. The molecule has 0 atom stereocenters. The van der Waals surface area contributed by atoms with E-state index < -0.39 is 0 Å². The molecule has 0 saturated carbocycles. The van der Waals surface area contributed by atoms with Crippen molar-refractivity contribution in [3.8, 4) is 0 Å². The molecule has 1 aromatic heterocycles. The Bertz CT molecular complexity index is 287. The summed E-state index contributed by atoms with van der Waals surface area (Å²) in [6.07, 6.45) is 8.79. The summed E-state index contributed by atoms with van der Waals surface area (Å²) in [7, 11) is 0. The molecule has 12 heavy (non-hydrogen) atoms. The van der Waals surface area contributed by atoms with Crippen LogP contribution < -0.4 is 0 Å². The van der Waals surface area contributed by atoms with Crippen molar-refractivity contribution in [3.63, 3.8) is 0 Å². The van der Waals surface area contributed by atoms with E-state index in [2.05, 4.69) is 30.6 Å². The van der Waals surface area contributed by atoms with Crippen LogP contribution in [0.4, 0.5) is 0 Å². The van der Waals surface area contributed by atoms with E-state index in [1.807, 2.05) is 12.1 Å². The van der Waals surface area contributed by atoms with Crippen molar-refractivity contribution in [1.29, 1.82) is 0 Å². The highest BCUT2D eigenvalue weighted by molar-refractivity contribution is 5.60. The summed E-state index contributed by atoms with van der Waals surface area (Å²) in [5.41, 5.74) is 2.08. The maximum atomic E-state index is 4.18. The third kappa shape index (κ3) is 2.06. The Balaban J connectivity index is 2.96. The first-order valence-electron chi connectivity index (χ1n) is 4.12. The largest absolute Gasteiger partial charge is 0.256 e. The highest BCUT2D eigenvalue weighted by Crippen LogP contribution is 2.08. The Morgan fingerprint density at radius 1 is 1.58 bits per heavy atom. The molecule has 0 bridgehead atoms. The minimum Gasteiger partial charge on any atom is -0.256 e. The number of hydrogen-bond acceptors (Lipinski definition) is 1. The lowest BCUT2D eigenvalue weighted by atomic mass is 10.1. The second kappa shape index (κ2) is 4.50. The van der Waals surface area contributed by atoms with Crippen LogP contribution in [0.2, 0.25) is 0 Å². The monoisotopic (exact) mass is 159 g/mol. The van der Waals surface area contributed by atoms with Crippen molar-refractivity contribution in [3.05, 3.63) is 42.2 Å². The molecule has 1 nitrogen and oxygen atoms in total. The molecular formula is C11H13N. The molecule has 1 rings (SSSR count). The lowest BCUT2D eigenvalue weighted by molar-refractivity contribution is 1.23. The summed E-state index contributed by atoms with van der Waals surface area (Å²) in [6, 6.07) is 3.97. The van der Waals surface area contributed by atoms with Crippen LogP contribution in [-0.4, -0.2) is 4.98 Å². The fraction of sp³-hybridized carbons (Fsp3) is 0.182. The smallest absolute Gasteiger partial charge is 0.0695 e. The molecule has 0 N–H and O–H groups in total. The second-order valence-corrected chi connectivity index (χ2v) is 2.49. The SMILES string of the molecule is C=Cc1ncccc1/C=C\CC. The number of rotatable bonds is 3. The Labute approximate surface area is 73.5 Å². The van der Waals surface area contributed by atoms with Crippen LogP contribution in [0.25, 0.3) is 12.2 Å². The average Bonchev–Trinajstić information content (AvgIpc) is 2.15. The van der Waals surface area contributed by atoms with E-state index in [4.69, 9.17) is 0 Å². The molecule has 0 unspecified atom stereocenters. The van der Waals surface area contributed by atoms with Gasteiger partial charge in [0.1, 0.15) is 0 Å². The first-order chi connectivity index (χ1) is 5.88. The molecule has 0 amide bonds. The van der Waals surface area contributed by atoms with E-state index in [9.17, 15) is 0 Å². The van der Waals surface area contributed by atoms with Crippen molar-refractivity contribution in [2.75, 3.05) is 0 Å².